The Morgan fingerprint density at radius 2 is 1.55 bits per heavy atom. The summed E-state index contributed by atoms with van der Waals surface area (Å²) in [6.07, 6.45) is 3.99. The molecule has 154 valence electrons. The van der Waals surface area contributed by atoms with Gasteiger partial charge in [0.05, 0.1) is 24.6 Å². The third-order valence-corrected chi connectivity index (χ3v) is 4.55. The van der Waals surface area contributed by atoms with E-state index in [0.29, 0.717) is 40.1 Å². The second-order valence-corrected chi connectivity index (χ2v) is 6.86. The van der Waals surface area contributed by atoms with Crippen molar-refractivity contribution in [3.05, 3.63) is 89.5 Å². The molecule has 1 heterocycles. The molecule has 0 aliphatic heterocycles. The maximum atomic E-state index is 14.6. The Balaban J connectivity index is 1.56. The molecule has 0 bridgehead atoms. The maximum Gasteiger partial charge on any atom is 0.159 e. The number of hydrogen-bond acceptors (Lipinski definition) is 3. The summed E-state index contributed by atoms with van der Waals surface area (Å²) in [6, 6.07) is 11.8. The van der Waals surface area contributed by atoms with Crippen LogP contribution in [0.4, 0.5) is 13.2 Å². The first-order valence-corrected chi connectivity index (χ1v) is 9.69. The Hall–Kier alpha value is -3.85. The molecular weight excluding hydrogens is 401 g/mol. The van der Waals surface area contributed by atoms with E-state index in [1.165, 1.54) is 6.07 Å². The van der Waals surface area contributed by atoms with Crippen LogP contribution in [0.2, 0.25) is 0 Å². The van der Waals surface area contributed by atoms with E-state index in [0.717, 1.165) is 18.6 Å². The molecule has 0 atom stereocenters. The molecule has 4 rings (SSSR count). The summed E-state index contributed by atoms with van der Waals surface area (Å²) in [5.74, 6) is 4.25. The summed E-state index contributed by atoms with van der Waals surface area (Å²) in [4.78, 5) is 8.42. The van der Waals surface area contributed by atoms with Gasteiger partial charge in [-0.25, -0.2) is 23.1 Å². The van der Waals surface area contributed by atoms with Gasteiger partial charge in [0.15, 0.2) is 23.2 Å². The van der Waals surface area contributed by atoms with Crippen molar-refractivity contribution in [1.82, 2.24) is 9.97 Å². The number of fused-ring (bicyclic) bond motifs is 1. The summed E-state index contributed by atoms with van der Waals surface area (Å²) in [5.41, 5.74) is 1.29. The lowest BCUT2D eigenvalue weighted by Crippen LogP contribution is -1.97. The van der Waals surface area contributed by atoms with Crippen LogP contribution in [0.5, 0.6) is 5.75 Å². The van der Waals surface area contributed by atoms with Crippen LogP contribution < -0.4 is 4.74 Å². The summed E-state index contributed by atoms with van der Waals surface area (Å²) in [7, 11) is 0. The molecular formula is C25H17F3N2O. The van der Waals surface area contributed by atoms with Crippen LogP contribution in [0.25, 0.3) is 22.2 Å². The average Bonchev–Trinajstić information content (AvgIpc) is 2.78. The second-order valence-electron chi connectivity index (χ2n) is 6.86. The molecule has 0 radical (unpaired) electrons. The van der Waals surface area contributed by atoms with Gasteiger partial charge in [-0.15, -0.1) is 0 Å². The molecule has 0 aliphatic carbocycles. The lowest BCUT2D eigenvalue weighted by molar-refractivity contribution is 0.315. The number of benzene rings is 3. The first-order valence-electron chi connectivity index (χ1n) is 9.69. The number of halogens is 3. The van der Waals surface area contributed by atoms with Gasteiger partial charge in [0.1, 0.15) is 5.82 Å². The Bertz CT molecular complexity index is 1310. The van der Waals surface area contributed by atoms with Crippen molar-refractivity contribution in [2.45, 2.75) is 13.3 Å². The summed E-state index contributed by atoms with van der Waals surface area (Å²) in [5, 5.41) is 1.08. The van der Waals surface area contributed by atoms with Gasteiger partial charge >= 0.3 is 0 Å². The third-order valence-electron chi connectivity index (χ3n) is 4.55. The number of aromatic nitrogens is 2. The largest absolute Gasteiger partial charge is 0.490 e. The lowest BCUT2D eigenvalue weighted by Gasteiger charge is -2.05. The smallest absolute Gasteiger partial charge is 0.159 e. The molecule has 3 nitrogen and oxygen atoms in total. The van der Waals surface area contributed by atoms with Crippen molar-refractivity contribution in [2.75, 3.05) is 6.61 Å². The molecule has 3 aromatic carbocycles. The van der Waals surface area contributed by atoms with E-state index in [4.69, 9.17) is 4.74 Å². The number of rotatable bonds is 4. The van der Waals surface area contributed by atoms with E-state index in [1.807, 2.05) is 6.92 Å². The van der Waals surface area contributed by atoms with E-state index in [1.54, 1.807) is 42.7 Å². The summed E-state index contributed by atoms with van der Waals surface area (Å²) < 4.78 is 46.8. The minimum absolute atomic E-state index is 0.206. The van der Waals surface area contributed by atoms with Gasteiger partial charge < -0.3 is 4.74 Å². The van der Waals surface area contributed by atoms with Crippen LogP contribution in [0.15, 0.2) is 60.9 Å². The average molecular weight is 418 g/mol. The van der Waals surface area contributed by atoms with Gasteiger partial charge in [0.25, 0.3) is 0 Å². The molecule has 0 saturated heterocycles. The van der Waals surface area contributed by atoms with Crippen molar-refractivity contribution in [2.24, 2.45) is 0 Å². The standard InChI is InChI=1S/C25H17F3N2O/c1-2-9-31-21-14-29-25(30-15-21)19-8-7-17(22(26)12-19)5-3-16-4-6-18-11-23(27)24(28)13-20(18)10-16/h4,6-8,10-15H,2,9H2,1H3. The SMILES string of the molecule is CCCOc1cnc(-c2ccc(C#Cc3ccc4cc(F)c(F)cc4c3)c(F)c2)nc1. The highest BCUT2D eigenvalue weighted by molar-refractivity contribution is 5.84. The van der Waals surface area contributed by atoms with E-state index in [2.05, 4.69) is 21.8 Å². The van der Waals surface area contributed by atoms with E-state index < -0.39 is 17.5 Å². The fourth-order valence-electron chi connectivity index (χ4n) is 2.97. The van der Waals surface area contributed by atoms with Crippen LogP contribution in [0.3, 0.4) is 0 Å². The number of ether oxygens (including phenoxy) is 1. The quantitative estimate of drug-likeness (QED) is 0.387. The van der Waals surface area contributed by atoms with Crippen molar-refractivity contribution in [1.29, 1.82) is 0 Å². The third kappa shape index (κ3) is 4.67. The Labute approximate surface area is 177 Å². The van der Waals surface area contributed by atoms with Crippen molar-refractivity contribution in [3.8, 4) is 29.0 Å². The first kappa shape index (κ1) is 20.4. The summed E-state index contributed by atoms with van der Waals surface area (Å²) in [6.45, 7) is 2.58. The Kier molecular flexibility index (Phi) is 5.85. The van der Waals surface area contributed by atoms with Crippen LogP contribution in [-0.2, 0) is 0 Å². The molecule has 0 N–H and O–H groups in total. The van der Waals surface area contributed by atoms with Crippen molar-refractivity contribution >= 4 is 10.8 Å². The normalized spacial score (nSPS) is 10.6. The zero-order chi connectivity index (χ0) is 21.8. The Morgan fingerprint density at radius 1 is 0.806 bits per heavy atom. The molecule has 31 heavy (non-hydrogen) atoms. The minimum atomic E-state index is -0.925. The van der Waals surface area contributed by atoms with Gasteiger partial charge in [-0.2, -0.15) is 0 Å². The van der Waals surface area contributed by atoms with Crippen molar-refractivity contribution in [3.63, 3.8) is 0 Å². The summed E-state index contributed by atoms with van der Waals surface area (Å²) >= 11 is 0. The van der Waals surface area contributed by atoms with Gasteiger partial charge in [-0.3, -0.25) is 0 Å². The predicted octanol–water partition coefficient (Wildman–Crippen LogP) is 5.90. The zero-order valence-electron chi connectivity index (χ0n) is 16.6. The Morgan fingerprint density at radius 3 is 2.26 bits per heavy atom. The van der Waals surface area contributed by atoms with Gasteiger partial charge in [-0.1, -0.05) is 24.8 Å². The van der Waals surface area contributed by atoms with Gasteiger partial charge in [0.2, 0.25) is 0 Å². The van der Waals surface area contributed by atoms with E-state index in [9.17, 15) is 13.2 Å². The lowest BCUT2D eigenvalue weighted by atomic mass is 10.1. The van der Waals surface area contributed by atoms with Gasteiger partial charge in [0, 0.05) is 11.1 Å². The molecule has 6 heteroatoms. The topological polar surface area (TPSA) is 35.0 Å². The highest BCUT2D eigenvalue weighted by atomic mass is 19.2. The molecule has 4 aromatic rings. The fourth-order valence-corrected chi connectivity index (χ4v) is 2.97. The molecule has 0 amide bonds. The van der Waals surface area contributed by atoms with Crippen LogP contribution in [0.1, 0.15) is 24.5 Å². The molecule has 0 saturated carbocycles. The maximum absolute atomic E-state index is 14.6. The molecule has 0 fully saturated rings. The van der Waals surface area contributed by atoms with Crippen LogP contribution in [0, 0.1) is 29.3 Å². The molecule has 1 aromatic heterocycles. The van der Waals surface area contributed by atoms with Crippen LogP contribution in [-0.4, -0.2) is 16.6 Å². The number of nitrogens with zero attached hydrogens (tertiary/aromatic N) is 2. The zero-order valence-corrected chi connectivity index (χ0v) is 16.6. The van der Waals surface area contributed by atoms with E-state index >= 15 is 0 Å². The predicted molar refractivity (Wildman–Crippen MR) is 113 cm³/mol. The van der Waals surface area contributed by atoms with Crippen LogP contribution >= 0.6 is 0 Å². The highest BCUT2D eigenvalue weighted by Gasteiger charge is 2.07. The molecule has 0 unspecified atom stereocenters. The molecule has 0 spiro atoms. The molecule has 0 aliphatic rings. The monoisotopic (exact) mass is 418 g/mol. The first-order chi connectivity index (χ1) is 15.0. The van der Waals surface area contributed by atoms with Gasteiger partial charge in [-0.05, 0) is 59.7 Å². The number of hydrogen-bond donors (Lipinski definition) is 0. The highest BCUT2D eigenvalue weighted by Crippen LogP contribution is 2.21. The van der Waals surface area contributed by atoms with Crippen molar-refractivity contribution < 1.29 is 17.9 Å². The van der Waals surface area contributed by atoms with E-state index in [-0.39, 0.29) is 5.56 Å². The minimum Gasteiger partial charge on any atom is -0.490 e. The second kappa shape index (κ2) is 8.88. The fraction of sp³-hybridized carbons (Fsp3) is 0.120.